The van der Waals surface area contributed by atoms with E-state index >= 15 is 0 Å². The molecule has 0 aromatic carbocycles. The van der Waals surface area contributed by atoms with Crippen LogP contribution in [-0.4, -0.2) is 56.1 Å². The lowest BCUT2D eigenvalue weighted by Gasteiger charge is -2.27. The van der Waals surface area contributed by atoms with E-state index in [4.69, 9.17) is 10.5 Å². The van der Waals surface area contributed by atoms with Crippen LogP contribution in [-0.2, 0) is 14.3 Å². The van der Waals surface area contributed by atoms with Gasteiger partial charge in [0.1, 0.15) is 0 Å². The first-order valence-corrected chi connectivity index (χ1v) is 6.00. The molecule has 1 saturated heterocycles. The molecule has 17 heavy (non-hydrogen) atoms. The van der Waals surface area contributed by atoms with Crippen molar-refractivity contribution >= 4 is 11.8 Å². The molecule has 0 aromatic heterocycles. The summed E-state index contributed by atoms with van der Waals surface area (Å²) in [5.41, 5.74) is 5.24. The fraction of sp³-hybridized carbons (Fsp3) is 0.818. The fourth-order valence-electron chi connectivity index (χ4n) is 1.77. The van der Waals surface area contributed by atoms with E-state index in [1.165, 1.54) is 4.90 Å². The minimum atomic E-state index is -0.603. The van der Waals surface area contributed by atoms with Crippen molar-refractivity contribution in [3.8, 4) is 0 Å². The van der Waals surface area contributed by atoms with Gasteiger partial charge >= 0.3 is 11.8 Å². The van der Waals surface area contributed by atoms with Gasteiger partial charge in [0.25, 0.3) is 0 Å². The smallest absolute Gasteiger partial charge is 0.311 e. The standard InChI is InChI=1S/C11H21N3O3/c1-14(8-9-4-2-3-7-17-9)11(16)10(15)13-6-5-12/h9H,2-8,12H2,1H3,(H,13,15). The monoisotopic (exact) mass is 243 g/mol. The molecule has 1 rings (SSSR count). The molecule has 1 aliphatic heterocycles. The van der Waals surface area contributed by atoms with Crippen LogP contribution in [0.25, 0.3) is 0 Å². The van der Waals surface area contributed by atoms with E-state index in [1.54, 1.807) is 7.05 Å². The third kappa shape index (κ3) is 4.70. The Kier molecular flexibility index (Phi) is 5.93. The van der Waals surface area contributed by atoms with Gasteiger partial charge in [-0.15, -0.1) is 0 Å². The molecule has 1 unspecified atom stereocenters. The topological polar surface area (TPSA) is 84.7 Å². The lowest BCUT2D eigenvalue weighted by atomic mass is 10.1. The summed E-state index contributed by atoms with van der Waals surface area (Å²) in [6.45, 7) is 1.85. The van der Waals surface area contributed by atoms with E-state index in [0.29, 0.717) is 19.6 Å². The summed E-state index contributed by atoms with van der Waals surface area (Å²) in [7, 11) is 1.61. The van der Waals surface area contributed by atoms with Crippen LogP contribution in [0.2, 0.25) is 0 Å². The molecule has 6 nitrogen and oxygen atoms in total. The first-order valence-electron chi connectivity index (χ1n) is 6.00. The predicted molar refractivity (Wildman–Crippen MR) is 63.3 cm³/mol. The molecule has 1 heterocycles. The van der Waals surface area contributed by atoms with Gasteiger partial charge in [-0.05, 0) is 19.3 Å². The van der Waals surface area contributed by atoms with E-state index in [-0.39, 0.29) is 6.10 Å². The van der Waals surface area contributed by atoms with E-state index in [1.807, 2.05) is 0 Å². The van der Waals surface area contributed by atoms with Crippen LogP contribution >= 0.6 is 0 Å². The van der Waals surface area contributed by atoms with Gasteiger partial charge in [-0.25, -0.2) is 0 Å². The van der Waals surface area contributed by atoms with Gasteiger partial charge in [-0.1, -0.05) is 0 Å². The van der Waals surface area contributed by atoms with Crippen LogP contribution in [0.5, 0.6) is 0 Å². The predicted octanol–water partition coefficient (Wildman–Crippen LogP) is -0.911. The van der Waals surface area contributed by atoms with Crippen LogP contribution in [0.15, 0.2) is 0 Å². The van der Waals surface area contributed by atoms with Crippen molar-refractivity contribution < 1.29 is 14.3 Å². The van der Waals surface area contributed by atoms with Gasteiger partial charge in [0.05, 0.1) is 6.10 Å². The van der Waals surface area contributed by atoms with Crippen LogP contribution in [0.3, 0.4) is 0 Å². The summed E-state index contributed by atoms with van der Waals surface area (Å²) in [4.78, 5) is 24.4. The Morgan fingerprint density at radius 1 is 1.47 bits per heavy atom. The highest BCUT2D eigenvalue weighted by atomic mass is 16.5. The van der Waals surface area contributed by atoms with Gasteiger partial charge in [0, 0.05) is 33.3 Å². The summed E-state index contributed by atoms with van der Waals surface area (Å²) in [6, 6.07) is 0. The van der Waals surface area contributed by atoms with Crippen LogP contribution in [0.4, 0.5) is 0 Å². The van der Waals surface area contributed by atoms with Crippen molar-refractivity contribution in [2.75, 3.05) is 33.3 Å². The summed E-state index contributed by atoms with van der Waals surface area (Å²) in [6.07, 6.45) is 3.19. The largest absolute Gasteiger partial charge is 0.376 e. The molecule has 0 radical (unpaired) electrons. The van der Waals surface area contributed by atoms with Crippen LogP contribution in [0, 0.1) is 0 Å². The van der Waals surface area contributed by atoms with Crippen LogP contribution in [0.1, 0.15) is 19.3 Å². The first kappa shape index (κ1) is 13.9. The number of likely N-dealkylation sites (N-methyl/N-ethyl adjacent to an activating group) is 1. The van der Waals surface area contributed by atoms with Gasteiger partial charge in [-0.2, -0.15) is 0 Å². The highest BCUT2D eigenvalue weighted by Gasteiger charge is 2.22. The minimum absolute atomic E-state index is 0.0556. The van der Waals surface area contributed by atoms with E-state index < -0.39 is 11.8 Å². The molecular weight excluding hydrogens is 222 g/mol. The number of carbonyl (C=O) groups excluding carboxylic acids is 2. The molecule has 3 N–H and O–H groups in total. The molecule has 1 fully saturated rings. The molecule has 1 aliphatic rings. The molecule has 98 valence electrons. The van der Waals surface area contributed by atoms with Gasteiger partial charge in [-0.3, -0.25) is 9.59 Å². The zero-order valence-electron chi connectivity index (χ0n) is 10.3. The Labute approximate surface area is 101 Å². The molecule has 0 aliphatic carbocycles. The van der Waals surface area contributed by atoms with Crippen molar-refractivity contribution in [1.29, 1.82) is 0 Å². The molecule has 2 amide bonds. The van der Waals surface area contributed by atoms with Crippen LogP contribution < -0.4 is 11.1 Å². The number of rotatable bonds is 4. The van der Waals surface area contributed by atoms with Crippen molar-refractivity contribution in [3.05, 3.63) is 0 Å². The molecule has 0 bridgehead atoms. The lowest BCUT2D eigenvalue weighted by molar-refractivity contribution is -0.146. The Balaban J connectivity index is 2.32. The average Bonchev–Trinajstić information content (AvgIpc) is 2.36. The third-order valence-electron chi connectivity index (χ3n) is 2.72. The number of ether oxygens (including phenoxy) is 1. The number of nitrogens with one attached hydrogen (secondary N) is 1. The van der Waals surface area contributed by atoms with E-state index in [9.17, 15) is 9.59 Å². The lowest BCUT2D eigenvalue weighted by Crippen LogP contribution is -2.45. The molecule has 0 saturated carbocycles. The zero-order valence-corrected chi connectivity index (χ0v) is 10.3. The van der Waals surface area contributed by atoms with Gasteiger partial charge in [0.2, 0.25) is 0 Å². The number of carbonyl (C=O) groups is 2. The maximum Gasteiger partial charge on any atom is 0.311 e. The molecular formula is C11H21N3O3. The van der Waals surface area contributed by atoms with Crippen molar-refractivity contribution in [1.82, 2.24) is 10.2 Å². The first-order chi connectivity index (χ1) is 8.15. The fourth-order valence-corrected chi connectivity index (χ4v) is 1.77. The number of hydrogen-bond acceptors (Lipinski definition) is 4. The highest BCUT2D eigenvalue weighted by molar-refractivity contribution is 6.34. The van der Waals surface area contributed by atoms with Crippen molar-refractivity contribution in [2.24, 2.45) is 5.73 Å². The Hall–Kier alpha value is -1.14. The summed E-state index contributed by atoms with van der Waals surface area (Å²) >= 11 is 0. The number of nitrogens with zero attached hydrogens (tertiary/aromatic N) is 1. The molecule has 0 spiro atoms. The summed E-state index contributed by atoms with van der Waals surface area (Å²) in [5, 5.41) is 2.45. The Morgan fingerprint density at radius 3 is 2.82 bits per heavy atom. The second-order valence-corrected chi connectivity index (χ2v) is 4.22. The molecule has 0 aromatic rings. The summed E-state index contributed by atoms with van der Waals surface area (Å²) < 4.78 is 5.51. The third-order valence-corrected chi connectivity index (χ3v) is 2.72. The Bertz CT molecular complexity index is 265. The van der Waals surface area contributed by atoms with E-state index in [2.05, 4.69) is 5.32 Å². The van der Waals surface area contributed by atoms with E-state index in [0.717, 1.165) is 25.9 Å². The quantitative estimate of drug-likeness (QED) is 0.626. The zero-order chi connectivity index (χ0) is 12.7. The van der Waals surface area contributed by atoms with Gasteiger partial charge < -0.3 is 20.7 Å². The average molecular weight is 243 g/mol. The normalized spacial score (nSPS) is 19.8. The number of hydrogen-bond donors (Lipinski definition) is 2. The second-order valence-electron chi connectivity index (χ2n) is 4.22. The maximum atomic E-state index is 11.6. The van der Waals surface area contributed by atoms with Gasteiger partial charge in [0.15, 0.2) is 0 Å². The number of nitrogens with two attached hydrogens (primary N) is 1. The SMILES string of the molecule is CN(CC1CCCCO1)C(=O)C(=O)NCCN. The summed E-state index contributed by atoms with van der Waals surface area (Å²) in [5.74, 6) is -1.14. The minimum Gasteiger partial charge on any atom is -0.376 e. The van der Waals surface area contributed by atoms with Crippen molar-refractivity contribution in [2.45, 2.75) is 25.4 Å². The molecule has 6 heteroatoms. The van der Waals surface area contributed by atoms with Crippen molar-refractivity contribution in [3.63, 3.8) is 0 Å². The maximum absolute atomic E-state index is 11.6. The molecule has 1 atom stereocenters. The second kappa shape index (κ2) is 7.24. The highest BCUT2D eigenvalue weighted by Crippen LogP contribution is 2.13. The number of amides is 2. The Morgan fingerprint density at radius 2 is 2.24 bits per heavy atom.